The molecular weight excluding hydrogens is 203 g/mol. The van der Waals surface area contributed by atoms with Gasteiger partial charge in [-0.3, -0.25) is 0 Å². The Bertz CT molecular complexity index is 213. The van der Waals surface area contributed by atoms with E-state index in [0.29, 0.717) is 12.8 Å². The van der Waals surface area contributed by atoms with Gasteiger partial charge in [-0.05, 0) is 12.8 Å². The zero-order valence-corrected chi connectivity index (χ0v) is 7.17. The number of amides is 1. The molecule has 4 nitrogen and oxygen atoms in total. The van der Waals surface area contributed by atoms with Crippen molar-refractivity contribution in [3.05, 3.63) is 0 Å². The number of halogens is 3. The van der Waals surface area contributed by atoms with E-state index in [0.717, 1.165) is 0 Å². The highest BCUT2D eigenvalue weighted by molar-refractivity contribution is 5.67. The van der Waals surface area contributed by atoms with Crippen LogP contribution in [-0.2, 0) is 4.74 Å². The van der Waals surface area contributed by atoms with Crippen molar-refractivity contribution >= 4 is 6.09 Å². The molecule has 82 valence electrons. The van der Waals surface area contributed by atoms with Crippen molar-refractivity contribution in [2.45, 2.75) is 31.2 Å². The van der Waals surface area contributed by atoms with Gasteiger partial charge in [0.25, 0.3) is 0 Å². The molecule has 1 amide bonds. The molecule has 1 rings (SSSR count). The predicted octanol–water partition coefficient (Wildman–Crippen LogP) is 0.798. The first kappa shape index (κ1) is 11.1. The highest BCUT2D eigenvalue weighted by atomic mass is 19.4. The average molecular weight is 213 g/mol. The van der Waals surface area contributed by atoms with Crippen molar-refractivity contribution in [3.8, 4) is 0 Å². The lowest BCUT2D eigenvalue weighted by atomic mass is 9.90. The number of hydrogen-bond acceptors (Lipinski definition) is 3. The second kappa shape index (κ2) is 4.04. The van der Waals surface area contributed by atoms with Crippen LogP contribution in [0.25, 0.3) is 0 Å². The van der Waals surface area contributed by atoms with Crippen LogP contribution in [0.1, 0.15) is 12.8 Å². The molecule has 0 aliphatic heterocycles. The molecule has 0 saturated heterocycles. The average Bonchev–Trinajstić information content (AvgIpc) is 1.97. The van der Waals surface area contributed by atoms with Crippen molar-refractivity contribution < 1.29 is 27.8 Å². The minimum Gasteiger partial charge on any atom is -0.440 e. The number of carbonyl (C=O) groups excluding carboxylic acids is 1. The van der Waals surface area contributed by atoms with E-state index in [1.807, 2.05) is 0 Å². The molecule has 0 unspecified atom stereocenters. The molecular formula is C7H10F3NO3. The maximum absolute atomic E-state index is 11.6. The van der Waals surface area contributed by atoms with Crippen LogP contribution in [0.2, 0.25) is 0 Å². The Hall–Kier alpha value is -0.980. The molecule has 1 aliphatic rings. The number of carbonyl (C=O) groups is 1. The van der Waals surface area contributed by atoms with Crippen LogP contribution in [0, 0.1) is 0 Å². The monoisotopic (exact) mass is 213 g/mol. The summed E-state index contributed by atoms with van der Waals surface area (Å²) in [5.74, 6) is 0. The zero-order valence-electron chi connectivity index (χ0n) is 7.17. The standard InChI is InChI=1S/C7H10F3NO3/c8-7(9,10)3-14-6(13)11-4-1-5(12)2-4/h4-5,12H,1-3H2,(H,11,13). The number of ether oxygens (including phenoxy) is 1. The maximum atomic E-state index is 11.6. The van der Waals surface area contributed by atoms with E-state index in [1.54, 1.807) is 0 Å². The van der Waals surface area contributed by atoms with Gasteiger partial charge >= 0.3 is 12.3 Å². The SMILES string of the molecule is O=C(NC1CC(O)C1)OCC(F)(F)F. The molecule has 1 aliphatic carbocycles. The topological polar surface area (TPSA) is 58.6 Å². The first-order valence-electron chi connectivity index (χ1n) is 4.05. The summed E-state index contributed by atoms with van der Waals surface area (Å²) in [5, 5.41) is 11.0. The second-order valence-electron chi connectivity index (χ2n) is 3.16. The smallest absolute Gasteiger partial charge is 0.422 e. The molecule has 0 heterocycles. The molecule has 1 fully saturated rings. The van der Waals surface area contributed by atoms with E-state index in [1.165, 1.54) is 0 Å². The number of alkyl carbamates (subject to hydrolysis) is 1. The predicted molar refractivity (Wildman–Crippen MR) is 39.6 cm³/mol. The fourth-order valence-corrected chi connectivity index (χ4v) is 1.06. The Labute approximate surface area is 78.0 Å². The summed E-state index contributed by atoms with van der Waals surface area (Å²) in [5.41, 5.74) is 0. The van der Waals surface area contributed by atoms with Gasteiger partial charge in [0.15, 0.2) is 6.61 Å². The van der Waals surface area contributed by atoms with Crippen molar-refractivity contribution in [1.29, 1.82) is 0 Å². The molecule has 0 aromatic carbocycles. The van der Waals surface area contributed by atoms with Gasteiger partial charge in [-0.1, -0.05) is 0 Å². The molecule has 0 atom stereocenters. The molecule has 0 aromatic rings. The van der Waals surface area contributed by atoms with E-state index < -0.39 is 25.0 Å². The number of aliphatic hydroxyl groups excluding tert-OH is 1. The molecule has 0 aromatic heterocycles. The van der Waals surface area contributed by atoms with E-state index >= 15 is 0 Å². The lowest BCUT2D eigenvalue weighted by molar-refractivity contribution is -0.160. The third-order valence-electron chi connectivity index (χ3n) is 1.80. The highest BCUT2D eigenvalue weighted by Crippen LogP contribution is 2.19. The molecule has 0 bridgehead atoms. The van der Waals surface area contributed by atoms with Gasteiger partial charge in [0, 0.05) is 6.04 Å². The van der Waals surface area contributed by atoms with Crippen LogP contribution < -0.4 is 5.32 Å². The number of rotatable bonds is 2. The first-order chi connectivity index (χ1) is 6.37. The molecule has 14 heavy (non-hydrogen) atoms. The van der Waals surface area contributed by atoms with Gasteiger partial charge in [-0.25, -0.2) is 4.79 Å². The summed E-state index contributed by atoms with van der Waals surface area (Å²) < 4.78 is 38.6. The molecule has 0 spiro atoms. The van der Waals surface area contributed by atoms with Crippen molar-refractivity contribution in [1.82, 2.24) is 5.32 Å². The fourth-order valence-electron chi connectivity index (χ4n) is 1.06. The van der Waals surface area contributed by atoms with Crippen molar-refractivity contribution in [2.75, 3.05) is 6.61 Å². The van der Waals surface area contributed by atoms with Gasteiger partial charge in [-0.2, -0.15) is 13.2 Å². The van der Waals surface area contributed by atoms with Gasteiger partial charge < -0.3 is 15.2 Å². The first-order valence-corrected chi connectivity index (χ1v) is 4.05. The fraction of sp³-hybridized carbons (Fsp3) is 0.857. The van der Waals surface area contributed by atoms with Crippen LogP contribution in [0.5, 0.6) is 0 Å². The van der Waals surface area contributed by atoms with Crippen LogP contribution >= 0.6 is 0 Å². The summed E-state index contributed by atoms with van der Waals surface area (Å²) >= 11 is 0. The summed E-state index contributed by atoms with van der Waals surface area (Å²) in [6.45, 7) is -1.59. The van der Waals surface area contributed by atoms with Gasteiger partial charge in [0.1, 0.15) is 0 Å². The minimum atomic E-state index is -4.50. The summed E-state index contributed by atoms with van der Waals surface area (Å²) in [6.07, 6.45) is -5.35. The highest BCUT2D eigenvalue weighted by Gasteiger charge is 2.32. The zero-order chi connectivity index (χ0) is 10.8. The largest absolute Gasteiger partial charge is 0.440 e. The number of alkyl halides is 3. The minimum absolute atomic E-state index is 0.272. The van der Waals surface area contributed by atoms with Gasteiger partial charge in [0.2, 0.25) is 0 Å². The van der Waals surface area contributed by atoms with Gasteiger partial charge in [-0.15, -0.1) is 0 Å². The Balaban J connectivity index is 2.11. The van der Waals surface area contributed by atoms with Crippen molar-refractivity contribution in [2.24, 2.45) is 0 Å². The van der Waals surface area contributed by atoms with Crippen LogP contribution in [-0.4, -0.2) is 36.1 Å². The Kier molecular flexibility index (Phi) is 3.20. The van der Waals surface area contributed by atoms with Crippen LogP contribution in [0.4, 0.5) is 18.0 Å². The van der Waals surface area contributed by atoms with Crippen LogP contribution in [0.3, 0.4) is 0 Å². The molecule has 2 N–H and O–H groups in total. The Morgan fingerprint density at radius 1 is 1.50 bits per heavy atom. The second-order valence-corrected chi connectivity index (χ2v) is 3.16. The quantitative estimate of drug-likeness (QED) is 0.713. The molecule has 0 radical (unpaired) electrons. The molecule has 7 heteroatoms. The summed E-state index contributed by atoms with van der Waals surface area (Å²) in [7, 11) is 0. The third kappa shape index (κ3) is 3.82. The number of hydrogen-bond donors (Lipinski definition) is 2. The third-order valence-corrected chi connectivity index (χ3v) is 1.80. The maximum Gasteiger partial charge on any atom is 0.422 e. The molecule has 1 saturated carbocycles. The Morgan fingerprint density at radius 3 is 2.50 bits per heavy atom. The van der Waals surface area contributed by atoms with E-state index in [4.69, 9.17) is 5.11 Å². The summed E-state index contributed by atoms with van der Waals surface area (Å²) in [4.78, 5) is 10.7. The van der Waals surface area contributed by atoms with Gasteiger partial charge in [0.05, 0.1) is 6.10 Å². The van der Waals surface area contributed by atoms with E-state index in [2.05, 4.69) is 10.1 Å². The Morgan fingerprint density at radius 2 is 2.07 bits per heavy atom. The number of aliphatic hydroxyl groups is 1. The van der Waals surface area contributed by atoms with Crippen molar-refractivity contribution in [3.63, 3.8) is 0 Å². The van der Waals surface area contributed by atoms with E-state index in [-0.39, 0.29) is 6.04 Å². The normalized spacial score (nSPS) is 26.6. The number of nitrogens with one attached hydrogen (secondary N) is 1. The van der Waals surface area contributed by atoms with Crippen LogP contribution in [0.15, 0.2) is 0 Å². The van der Waals surface area contributed by atoms with E-state index in [9.17, 15) is 18.0 Å². The lowest BCUT2D eigenvalue weighted by Gasteiger charge is -2.31. The lowest BCUT2D eigenvalue weighted by Crippen LogP contribution is -2.47. The summed E-state index contributed by atoms with van der Waals surface area (Å²) in [6, 6.07) is -0.272.